The topological polar surface area (TPSA) is 81.0 Å². The van der Waals surface area contributed by atoms with Crippen LogP contribution in [0.4, 0.5) is 17.2 Å². The molecular formula is C10H5BrCl2N4O2. The Morgan fingerprint density at radius 1 is 1.32 bits per heavy atom. The van der Waals surface area contributed by atoms with Gasteiger partial charge in [0.25, 0.3) is 5.69 Å². The number of hydrogen-bond acceptors (Lipinski definition) is 5. The van der Waals surface area contributed by atoms with Gasteiger partial charge in [-0.1, -0.05) is 17.7 Å². The van der Waals surface area contributed by atoms with E-state index in [2.05, 4.69) is 31.2 Å². The van der Waals surface area contributed by atoms with Gasteiger partial charge in [0.1, 0.15) is 5.15 Å². The molecule has 0 unspecified atom stereocenters. The first-order valence-corrected chi connectivity index (χ1v) is 6.42. The van der Waals surface area contributed by atoms with Gasteiger partial charge in [-0.25, -0.2) is 4.98 Å². The number of nitrogens with one attached hydrogen (secondary N) is 1. The number of anilines is 2. The highest BCUT2D eigenvalue weighted by molar-refractivity contribution is 9.10. The molecule has 0 aliphatic heterocycles. The molecule has 9 heteroatoms. The van der Waals surface area contributed by atoms with Crippen LogP contribution in [0.1, 0.15) is 0 Å². The van der Waals surface area contributed by atoms with E-state index in [1.165, 1.54) is 12.1 Å². The maximum Gasteiger partial charge on any atom is 0.271 e. The third kappa shape index (κ3) is 3.31. The van der Waals surface area contributed by atoms with Crippen LogP contribution in [-0.4, -0.2) is 14.9 Å². The summed E-state index contributed by atoms with van der Waals surface area (Å²) >= 11 is 14.7. The van der Waals surface area contributed by atoms with Gasteiger partial charge >= 0.3 is 0 Å². The average Bonchev–Trinajstić information content (AvgIpc) is 2.35. The van der Waals surface area contributed by atoms with Crippen molar-refractivity contribution in [1.29, 1.82) is 0 Å². The Bertz CT molecular complexity index is 653. The van der Waals surface area contributed by atoms with Crippen LogP contribution in [0.25, 0.3) is 0 Å². The monoisotopic (exact) mass is 362 g/mol. The summed E-state index contributed by atoms with van der Waals surface area (Å²) in [5.41, 5.74) is 0.452. The van der Waals surface area contributed by atoms with Gasteiger partial charge in [-0.3, -0.25) is 10.1 Å². The van der Waals surface area contributed by atoms with Gasteiger partial charge in [0, 0.05) is 17.8 Å². The predicted molar refractivity (Wildman–Crippen MR) is 76.1 cm³/mol. The number of nitro benzene ring substituents is 1. The second-order valence-corrected chi connectivity index (χ2v) is 4.87. The molecule has 0 bridgehead atoms. The van der Waals surface area contributed by atoms with Gasteiger partial charge in [-0.05, 0) is 33.6 Å². The molecule has 19 heavy (non-hydrogen) atoms. The molecule has 0 saturated heterocycles. The van der Waals surface area contributed by atoms with Crippen molar-refractivity contribution < 1.29 is 4.92 Å². The fourth-order valence-electron chi connectivity index (χ4n) is 1.31. The molecule has 1 N–H and O–H groups in total. The van der Waals surface area contributed by atoms with E-state index in [4.69, 9.17) is 23.2 Å². The van der Waals surface area contributed by atoms with Crippen LogP contribution < -0.4 is 5.32 Å². The number of rotatable bonds is 3. The average molecular weight is 364 g/mol. The van der Waals surface area contributed by atoms with Crippen molar-refractivity contribution in [2.24, 2.45) is 0 Å². The van der Waals surface area contributed by atoms with Crippen molar-refractivity contribution in [3.8, 4) is 0 Å². The van der Waals surface area contributed by atoms with E-state index in [0.717, 1.165) is 0 Å². The van der Waals surface area contributed by atoms with Crippen LogP contribution in [0.5, 0.6) is 0 Å². The summed E-state index contributed by atoms with van der Waals surface area (Å²) in [5, 5.41) is 13.7. The minimum Gasteiger partial charge on any atom is -0.339 e. The Balaban J connectivity index is 2.36. The summed E-state index contributed by atoms with van der Waals surface area (Å²) < 4.78 is 0.421. The lowest BCUT2D eigenvalue weighted by molar-refractivity contribution is -0.384. The van der Waals surface area contributed by atoms with E-state index >= 15 is 0 Å². The Kier molecular flexibility index (Phi) is 4.18. The first kappa shape index (κ1) is 14.0. The third-order valence-electron chi connectivity index (χ3n) is 2.10. The normalized spacial score (nSPS) is 10.3. The molecule has 2 rings (SSSR count). The number of nitrogens with zero attached hydrogens (tertiary/aromatic N) is 3. The van der Waals surface area contributed by atoms with Gasteiger partial charge in [0.05, 0.1) is 9.40 Å². The van der Waals surface area contributed by atoms with Crippen molar-refractivity contribution in [1.82, 2.24) is 9.97 Å². The Labute approximate surface area is 126 Å². The van der Waals surface area contributed by atoms with E-state index in [0.29, 0.717) is 16.0 Å². The van der Waals surface area contributed by atoms with Crippen LogP contribution in [0.15, 0.2) is 28.7 Å². The van der Waals surface area contributed by atoms with Crippen molar-refractivity contribution in [3.05, 3.63) is 49.3 Å². The summed E-state index contributed by atoms with van der Waals surface area (Å²) in [6.45, 7) is 0. The number of benzene rings is 1. The zero-order valence-electron chi connectivity index (χ0n) is 9.10. The highest BCUT2D eigenvalue weighted by atomic mass is 79.9. The number of nitro groups is 1. The van der Waals surface area contributed by atoms with Crippen LogP contribution >= 0.6 is 39.1 Å². The molecule has 1 aromatic heterocycles. The second kappa shape index (κ2) is 5.68. The van der Waals surface area contributed by atoms with E-state index in [9.17, 15) is 10.1 Å². The zero-order valence-corrected chi connectivity index (χ0v) is 12.2. The zero-order chi connectivity index (χ0) is 14.0. The number of non-ortho nitro benzene ring substituents is 1. The standard InChI is InChI=1S/C10H5BrCl2N4O2/c11-7-8(12)15-10(13)16-9(7)14-5-2-1-3-6(4-5)17(18)19/h1-4H,(H,14,15,16). The quantitative estimate of drug-likeness (QED) is 0.382. The first-order valence-electron chi connectivity index (χ1n) is 4.87. The predicted octanol–water partition coefficient (Wildman–Crippen LogP) is 4.20. The maximum absolute atomic E-state index is 10.7. The Morgan fingerprint density at radius 3 is 2.74 bits per heavy atom. The van der Waals surface area contributed by atoms with Crippen molar-refractivity contribution in [3.63, 3.8) is 0 Å². The van der Waals surface area contributed by atoms with Crippen LogP contribution in [0, 0.1) is 10.1 Å². The highest BCUT2D eigenvalue weighted by Crippen LogP contribution is 2.31. The number of aromatic nitrogens is 2. The van der Waals surface area contributed by atoms with Crippen molar-refractivity contribution in [2.75, 3.05) is 5.32 Å². The minimum absolute atomic E-state index is 0.0267. The summed E-state index contributed by atoms with van der Waals surface area (Å²) in [6.07, 6.45) is 0. The molecular weight excluding hydrogens is 359 g/mol. The lowest BCUT2D eigenvalue weighted by atomic mass is 10.3. The van der Waals surface area contributed by atoms with E-state index in [1.807, 2.05) is 0 Å². The molecule has 98 valence electrons. The van der Waals surface area contributed by atoms with Crippen molar-refractivity contribution >= 4 is 56.3 Å². The van der Waals surface area contributed by atoms with Gasteiger partial charge in [0.15, 0.2) is 5.82 Å². The summed E-state index contributed by atoms with van der Waals surface area (Å²) in [6, 6.07) is 5.97. The third-order valence-corrected chi connectivity index (χ3v) is 3.53. The molecule has 0 saturated carbocycles. The largest absolute Gasteiger partial charge is 0.339 e. The lowest BCUT2D eigenvalue weighted by Crippen LogP contribution is -1.98. The summed E-state index contributed by atoms with van der Waals surface area (Å²) in [4.78, 5) is 17.9. The van der Waals surface area contributed by atoms with Crippen LogP contribution in [-0.2, 0) is 0 Å². The molecule has 0 aliphatic carbocycles. The Hall–Kier alpha value is -1.44. The molecule has 0 spiro atoms. The fourth-order valence-corrected chi connectivity index (χ4v) is 1.97. The molecule has 2 aromatic rings. The van der Waals surface area contributed by atoms with Crippen LogP contribution in [0.3, 0.4) is 0 Å². The second-order valence-electron chi connectivity index (χ2n) is 3.38. The minimum atomic E-state index is -0.486. The number of hydrogen-bond donors (Lipinski definition) is 1. The molecule has 1 heterocycles. The first-order chi connectivity index (χ1) is 8.97. The van der Waals surface area contributed by atoms with Gasteiger partial charge < -0.3 is 5.32 Å². The van der Waals surface area contributed by atoms with Gasteiger partial charge in [-0.15, -0.1) is 0 Å². The smallest absolute Gasteiger partial charge is 0.271 e. The lowest BCUT2D eigenvalue weighted by Gasteiger charge is -2.08. The van der Waals surface area contributed by atoms with Gasteiger partial charge in [-0.2, -0.15) is 4.98 Å². The van der Waals surface area contributed by atoms with Crippen LogP contribution in [0.2, 0.25) is 10.4 Å². The molecule has 6 nitrogen and oxygen atoms in total. The molecule has 0 aliphatic rings. The molecule has 0 atom stereocenters. The highest BCUT2D eigenvalue weighted by Gasteiger charge is 2.11. The van der Waals surface area contributed by atoms with E-state index in [-0.39, 0.29) is 16.1 Å². The van der Waals surface area contributed by atoms with E-state index in [1.54, 1.807) is 12.1 Å². The summed E-state index contributed by atoms with van der Waals surface area (Å²) in [7, 11) is 0. The maximum atomic E-state index is 10.7. The Morgan fingerprint density at radius 2 is 2.05 bits per heavy atom. The molecule has 1 aromatic carbocycles. The van der Waals surface area contributed by atoms with E-state index < -0.39 is 4.92 Å². The molecule has 0 amide bonds. The SMILES string of the molecule is O=[N+]([O-])c1cccc(Nc2nc(Cl)nc(Cl)c2Br)c1. The van der Waals surface area contributed by atoms with Gasteiger partial charge in [0.2, 0.25) is 5.28 Å². The number of halogens is 3. The van der Waals surface area contributed by atoms with Crippen molar-refractivity contribution in [2.45, 2.75) is 0 Å². The molecule has 0 radical (unpaired) electrons. The summed E-state index contributed by atoms with van der Waals surface area (Å²) in [5.74, 6) is 0.325. The fraction of sp³-hybridized carbons (Fsp3) is 0. The molecule has 0 fully saturated rings.